The topological polar surface area (TPSA) is 113 Å². The lowest BCUT2D eigenvalue weighted by molar-refractivity contribution is -0.138. The van der Waals surface area contributed by atoms with Crippen molar-refractivity contribution in [2.45, 2.75) is 40.8 Å². The van der Waals surface area contributed by atoms with Crippen molar-refractivity contribution in [3.8, 4) is 0 Å². The van der Waals surface area contributed by atoms with Crippen molar-refractivity contribution in [1.82, 2.24) is 15.0 Å². The van der Waals surface area contributed by atoms with Gasteiger partial charge in [-0.25, -0.2) is 15.0 Å². The first-order valence-corrected chi connectivity index (χ1v) is 17.9. The van der Waals surface area contributed by atoms with Crippen molar-refractivity contribution in [2.24, 2.45) is 0 Å². The van der Waals surface area contributed by atoms with E-state index >= 15 is 0 Å². The van der Waals surface area contributed by atoms with E-state index in [2.05, 4.69) is 47.0 Å². The molecule has 38 heavy (non-hydrogen) atoms. The molecule has 0 aliphatic carbocycles. The number of rotatable bonds is 12. The van der Waals surface area contributed by atoms with E-state index in [1.165, 1.54) is 0 Å². The second-order valence-electron chi connectivity index (χ2n) is 6.40. The summed E-state index contributed by atoms with van der Waals surface area (Å²) in [6.45, 7) is 0. The summed E-state index contributed by atoms with van der Waals surface area (Å²) in [5.74, 6) is 0.0299. The molecule has 2 N–H and O–H groups in total. The zero-order valence-corrected chi connectivity index (χ0v) is 26.1. The Hall–Kier alpha value is -1.28. The van der Waals surface area contributed by atoms with Gasteiger partial charge in [0.25, 0.3) is 0 Å². The predicted octanol–water partition coefficient (Wildman–Crippen LogP) is 6.95. The SMILES string of the molecule is O=C(O)CCCS.O=C(O)CCCSSc1ccccn1.[2H][P+]([B])=S.c1ccc(SSc2ccccn2)nc1. The van der Waals surface area contributed by atoms with Gasteiger partial charge in [0.2, 0.25) is 0 Å². The van der Waals surface area contributed by atoms with Crippen molar-refractivity contribution < 1.29 is 19.8 Å². The van der Waals surface area contributed by atoms with Crippen LogP contribution in [0.3, 0.4) is 0 Å². The van der Waals surface area contributed by atoms with Gasteiger partial charge in [-0.3, -0.25) is 9.59 Å². The van der Waals surface area contributed by atoms with E-state index in [0.29, 0.717) is 18.6 Å². The van der Waals surface area contributed by atoms with E-state index in [0.717, 1.165) is 20.8 Å². The van der Waals surface area contributed by atoms with Crippen LogP contribution in [0.2, 0.25) is 0 Å². The fraction of sp³-hybridized carbons (Fsp3) is 0.261. The Labute approximate surface area is 254 Å². The first kappa shape index (κ1) is 34.8. The molecule has 0 aliphatic heterocycles. The highest BCUT2D eigenvalue weighted by Gasteiger charge is 1.99. The van der Waals surface area contributed by atoms with E-state index in [4.69, 9.17) is 11.5 Å². The minimum Gasteiger partial charge on any atom is -0.481 e. The monoisotopic (exact) mass is 645 g/mol. The molecule has 3 aromatic heterocycles. The molecule has 0 fully saturated rings. The quantitative estimate of drug-likeness (QED) is 0.0623. The second kappa shape index (κ2) is 27.3. The minimum atomic E-state index is -1.29. The molecular weight excluding hydrogens is 616 g/mol. The summed E-state index contributed by atoms with van der Waals surface area (Å²) in [5.41, 5.74) is 0. The molecule has 0 saturated heterocycles. The molecule has 0 bridgehead atoms. The number of hydrogen-bond acceptors (Lipinski definition) is 11. The molecule has 3 heterocycles. The Kier molecular flexibility index (Phi) is 25.0. The Morgan fingerprint density at radius 3 is 1.55 bits per heavy atom. The van der Waals surface area contributed by atoms with Crippen LogP contribution >= 0.6 is 63.0 Å². The molecule has 0 aliphatic rings. The molecule has 1 unspecified atom stereocenters. The number of hydrogen-bond donors (Lipinski definition) is 3. The minimum absolute atomic E-state index is 0.240. The summed E-state index contributed by atoms with van der Waals surface area (Å²) in [6.07, 6.45) is 7.19. The van der Waals surface area contributed by atoms with Gasteiger partial charge >= 0.3 is 20.8 Å². The van der Waals surface area contributed by atoms with Gasteiger partial charge in [0, 0.05) is 37.2 Å². The molecule has 3 rings (SSSR count). The number of carboxylic acids is 2. The van der Waals surface area contributed by atoms with Crippen molar-refractivity contribution in [2.75, 3.05) is 11.5 Å². The van der Waals surface area contributed by atoms with Gasteiger partial charge in [-0.05, 0) is 87.4 Å². The van der Waals surface area contributed by atoms with Gasteiger partial charge in [-0.1, -0.05) is 29.0 Å². The molecule has 0 amide bonds. The molecule has 0 saturated carbocycles. The molecule has 7 nitrogen and oxygen atoms in total. The summed E-state index contributed by atoms with van der Waals surface area (Å²) in [7, 11) is 9.83. The van der Waals surface area contributed by atoms with Crippen molar-refractivity contribution >= 4 is 94.3 Å². The van der Waals surface area contributed by atoms with Crippen LogP contribution in [0.4, 0.5) is 0 Å². The molecule has 15 heteroatoms. The third kappa shape index (κ3) is 25.0. The average Bonchev–Trinajstić information content (AvgIpc) is 2.92. The Balaban J connectivity index is 0.000000545. The van der Waals surface area contributed by atoms with Crippen molar-refractivity contribution in [3.63, 3.8) is 0 Å². The third-order valence-electron chi connectivity index (χ3n) is 3.44. The third-order valence-corrected chi connectivity index (χ3v) is 8.29. The lowest BCUT2D eigenvalue weighted by Crippen LogP contribution is -1.94. The molecule has 0 aromatic carbocycles. The van der Waals surface area contributed by atoms with Crippen LogP contribution in [0.15, 0.2) is 88.3 Å². The number of aliphatic carboxylic acids is 2. The molecular formula is C23H28BN3O4PS6+. The first-order valence-electron chi connectivity index (χ1n) is 11.3. The number of thiol groups is 1. The fourth-order valence-electron chi connectivity index (χ4n) is 1.89. The molecule has 1 atom stereocenters. The number of carbonyl (C=O) groups is 2. The summed E-state index contributed by atoms with van der Waals surface area (Å²) in [4.78, 5) is 32.5. The predicted molar refractivity (Wildman–Crippen MR) is 172 cm³/mol. The number of pyridine rings is 3. The number of carboxylic acid groups (broad SMARTS) is 2. The van der Waals surface area contributed by atoms with E-state index in [9.17, 15) is 9.59 Å². The van der Waals surface area contributed by atoms with Gasteiger partial charge in [0.05, 0.1) is 7.18 Å². The average molecular weight is 646 g/mol. The Morgan fingerprint density at radius 2 is 1.24 bits per heavy atom. The van der Waals surface area contributed by atoms with Gasteiger partial charge in [-0.2, -0.15) is 12.6 Å². The molecule has 2 radical (unpaired) electrons. The fourth-order valence-corrected chi connectivity index (χ4v) is 5.76. The van der Waals surface area contributed by atoms with E-state index in [-0.39, 0.29) is 12.8 Å². The number of aromatic nitrogens is 3. The van der Waals surface area contributed by atoms with Crippen LogP contribution in [0, 0.1) is 0 Å². The van der Waals surface area contributed by atoms with Crippen LogP contribution in [0.5, 0.6) is 0 Å². The zero-order valence-electron chi connectivity index (χ0n) is 21.2. The zero-order chi connectivity index (χ0) is 29.1. The molecule has 202 valence electrons. The van der Waals surface area contributed by atoms with E-state index in [1.54, 1.807) is 61.8 Å². The summed E-state index contributed by atoms with van der Waals surface area (Å²) >= 11 is 7.96. The molecule has 0 spiro atoms. The van der Waals surface area contributed by atoms with Crippen LogP contribution in [0.1, 0.15) is 25.7 Å². The van der Waals surface area contributed by atoms with Crippen LogP contribution in [-0.2, 0) is 21.4 Å². The Morgan fingerprint density at radius 1 is 0.842 bits per heavy atom. The molecule has 3 aromatic rings. The Bertz CT molecular complexity index is 1010. The maximum atomic E-state index is 10.2. The maximum Gasteiger partial charge on any atom is 0.456 e. The summed E-state index contributed by atoms with van der Waals surface area (Å²) in [6, 6.07) is 17.5. The number of nitrogens with zero attached hydrogens (tertiary/aromatic N) is 3. The van der Waals surface area contributed by atoms with Gasteiger partial charge < -0.3 is 10.2 Å². The van der Waals surface area contributed by atoms with E-state index < -0.39 is 19.1 Å². The lowest BCUT2D eigenvalue weighted by Gasteiger charge is -1.98. The lowest BCUT2D eigenvalue weighted by atomic mass is 10.3. The summed E-state index contributed by atoms with van der Waals surface area (Å²) < 4.78 is 6.24. The van der Waals surface area contributed by atoms with Crippen LogP contribution in [0.25, 0.3) is 0 Å². The van der Waals surface area contributed by atoms with E-state index in [1.807, 2.05) is 54.6 Å². The van der Waals surface area contributed by atoms with Gasteiger partial charge in [0.1, 0.15) is 26.9 Å². The highest BCUT2D eigenvalue weighted by Crippen LogP contribution is 2.34. The standard InChI is InChI=1S/C10H8N2S2.C9H11NO2S2.C4H8O2S.BHPS/c1-3-7-11-9(5-1)13-14-10-6-2-4-8-12-10;11-9(12)5-3-7-13-14-8-4-1-2-6-10-8;5-4(6)2-1-3-7;1-2-3/h1-8H;1-2,4,6H,3,5,7H2,(H,11,12);7H,1-3H2,(H,5,6);2H/q;;;+1/i;;;2D. The van der Waals surface area contributed by atoms with Crippen LogP contribution < -0.4 is 0 Å². The highest BCUT2D eigenvalue weighted by atomic mass is 33.1. The van der Waals surface area contributed by atoms with Gasteiger partial charge in [-0.15, -0.1) is 0 Å². The largest absolute Gasteiger partial charge is 0.481 e. The second-order valence-corrected chi connectivity index (χ2v) is 12.3. The van der Waals surface area contributed by atoms with Crippen LogP contribution in [-0.4, -0.2) is 57.5 Å². The van der Waals surface area contributed by atoms with Gasteiger partial charge in [0.15, 0.2) is 0 Å². The highest BCUT2D eigenvalue weighted by molar-refractivity contribution is 8.77. The summed E-state index contributed by atoms with van der Waals surface area (Å²) in [5, 5.41) is 19.4. The van der Waals surface area contributed by atoms with Crippen molar-refractivity contribution in [1.29, 1.82) is 1.28 Å². The van der Waals surface area contributed by atoms with Crippen molar-refractivity contribution in [3.05, 3.63) is 73.2 Å². The maximum absolute atomic E-state index is 10.2. The first-order chi connectivity index (χ1) is 18.7. The smallest absolute Gasteiger partial charge is 0.456 e. The normalized spacial score (nSPS) is 10.1.